The van der Waals surface area contributed by atoms with Crippen LogP contribution in [0.3, 0.4) is 0 Å². The Balaban J connectivity index is 0.00000484. The minimum atomic E-state index is -0.249. The third kappa shape index (κ3) is 9.61. The number of primary amides is 1. The Morgan fingerprint density at radius 2 is 2.00 bits per heavy atom. The molecular formula is C15H32IN5OS. The molecule has 0 radical (unpaired) electrons. The molecule has 0 bridgehead atoms. The molecular weight excluding hydrogens is 425 g/mol. The van der Waals surface area contributed by atoms with E-state index in [2.05, 4.69) is 42.6 Å². The van der Waals surface area contributed by atoms with Crippen LogP contribution in [0.5, 0.6) is 0 Å². The molecule has 1 rings (SSSR count). The van der Waals surface area contributed by atoms with Crippen LogP contribution in [0.1, 0.15) is 33.6 Å². The summed E-state index contributed by atoms with van der Waals surface area (Å²) in [4.78, 5) is 17.8. The zero-order chi connectivity index (χ0) is 16.6. The molecule has 0 aliphatic carbocycles. The molecule has 0 atom stereocenters. The lowest BCUT2D eigenvalue weighted by Crippen LogP contribution is -2.50. The van der Waals surface area contributed by atoms with Crippen LogP contribution in [0.25, 0.3) is 0 Å². The van der Waals surface area contributed by atoms with Crippen molar-refractivity contribution < 1.29 is 4.79 Å². The van der Waals surface area contributed by atoms with E-state index in [1.54, 1.807) is 0 Å². The summed E-state index contributed by atoms with van der Waals surface area (Å²) < 4.78 is 0.146. The molecule has 1 fully saturated rings. The minimum Gasteiger partial charge on any atom is -0.369 e. The van der Waals surface area contributed by atoms with Crippen molar-refractivity contribution in [3.63, 3.8) is 0 Å². The Hall–Kier alpha value is -0.220. The zero-order valence-electron chi connectivity index (χ0n) is 14.7. The molecule has 1 aliphatic heterocycles. The van der Waals surface area contributed by atoms with Crippen LogP contribution in [0.2, 0.25) is 0 Å². The second-order valence-electron chi connectivity index (χ2n) is 6.32. The van der Waals surface area contributed by atoms with Gasteiger partial charge < -0.3 is 16.4 Å². The van der Waals surface area contributed by atoms with E-state index in [-0.39, 0.29) is 34.6 Å². The average Bonchev–Trinajstić information content (AvgIpc) is 2.46. The Morgan fingerprint density at radius 3 is 2.48 bits per heavy atom. The van der Waals surface area contributed by atoms with Gasteiger partial charge in [-0.05, 0) is 39.9 Å². The number of piperidine rings is 1. The van der Waals surface area contributed by atoms with Crippen LogP contribution in [0.4, 0.5) is 0 Å². The number of carbonyl (C=O) groups excluding carboxylic acids is 1. The van der Waals surface area contributed by atoms with E-state index in [4.69, 9.17) is 10.7 Å². The van der Waals surface area contributed by atoms with Gasteiger partial charge in [0.25, 0.3) is 0 Å². The predicted molar refractivity (Wildman–Crippen MR) is 111 cm³/mol. The number of nitrogens with one attached hydrogen (secondary N) is 2. The molecule has 6 nitrogen and oxygen atoms in total. The third-order valence-corrected chi connectivity index (χ3v) is 5.06. The summed E-state index contributed by atoms with van der Waals surface area (Å²) in [5, 5.41) is 6.83. The van der Waals surface area contributed by atoms with Crippen molar-refractivity contribution in [2.45, 2.75) is 44.4 Å². The van der Waals surface area contributed by atoms with Gasteiger partial charge in [0.2, 0.25) is 5.91 Å². The number of nitrogens with two attached hydrogens (primary N) is 1. The van der Waals surface area contributed by atoms with Crippen molar-refractivity contribution in [3.05, 3.63) is 0 Å². The third-order valence-electron chi connectivity index (χ3n) is 3.82. The maximum Gasteiger partial charge on any atom is 0.231 e. The second kappa shape index (κ2) is 11.4. The highest BCUT2D eigenvalue weighted by atomic mass is 127. The van der Waals surface area contributed by atoms with E-state index in [0.717, 1.165) is 45.0 Å². The van der Waals surface area contributed by atoms with Gasteiger partial charge in [-0.2, -0.15) is 11.8 Å². The molecule has 136 valence electrons. The number of amides is 1. The van der Waals surface area contributed by atoms with E-state index in [0.29, 0.717) is 12.6 Å². The van der Waals surface area contributed by atoms with Crippen LogP contribution in [0, 0.1) is 0 Å². The first-order valence-electron chi connectivity index (χ1n) is 7.97. The topological polar surface area (TPSA) is 82.8 Å². The maximum absolute atomic E-state index is 11.0. The molecule has 4 N–H and O–H groups in total. The first kappa shape index (κ1) is 22.8. The van der Waals surface area contributed by atoms with E-state index in [1.165, 1.54) is 0 Å². The molecule has 1 saturated heterocycles. The molecule has 23 heavy (non-hydrogen) atoms. The SMILES string of the molecule is CCNC(=NCC(C)(C)SC)NC1CCN(CC(N)=O)CC1.I. The quantitative estimate of drug-likeness (QED) is 0.305. The van der Waals surface area contributed by atoms with Crippen molar-refractivity contribution in [2.75, 3.05) is 39.0 Å². The Morgan fingerprint density at radius 1 is 1.39 bits per heavy atom. The second-order valence-corrected chi connectivity index (χ2v) is 7.83. The lowest BCUT2D eigenvalue weighted by Gasteiger charge is -2.32. The van der Waals surface area contributed by atoms with Crippen molar-refractivity contribution >= 4 is 47.6 Å². The fourth-order valence-corrected chi connectivity index (χ4v) is 2.50. The van der Waals surface area contributed by atoms with Crippen LogP contribution in [-0.2, 0) is 4.79 Å². The summed E-state index contributed by atoms with van der Waals surface area (Å²) in [6, 6.07) is 0.402. The maximum atomic E-state index is 11.0. The number of aliphatic imine (C=N–C) groups is 1. The fraction of sp³-hybridized carbons (Fsp3) is 0.867. The summed E-state index contributed by atoms with van der Waals surface area (Å²) in [5.74, 6) is 0.638. The smallest absolute Gasteiger partial charge is 0.231 e. The molecule has 0 aromatic carbocycles. The van der Waals surface area contributed by atoms with Gasteiger partial charge in [0.05, 0.1) is 13.1 Å². The molecule has 0 aromatic rings. The van der Waals surface area contributed by atoms with Crippen molar-refractivity contribution in [1.29, 1.82) is 0 Å². The van der Waals surface area contributed by atoms with Gasteiger partial charge in [-0.1, -0.05) is 0 Å². The summed E-state index contributed by atoms with van der Waals surface area (Å²) in [6.07, 6.45) is 4.12. The van der Waals surface area contributed by atoms with Crippen molar-refractivity contribution in [3.8, 4) is 0 Å². The highest BCUT2D eigenvalue weighted by molar-refractivity contribution is 14.0. The van der Waals surface area contributed by atoms with Gasteiger partial charge in [-0.3, -0.25) is 14.7 Å². The van der Waals surface area contributed by atoms with Crippen LogP contribution >= 0.6 is 35.7 Å². The van der Waals surface area contributed by atoms with Crippen molar-refractivity contribution in [1.82, 2.24) is 15.5 Å². The van der Waals surface area contributed by atoms with Crippen LogP contribution < -0.4 is 16.4 Å². The number of hydrogen-bond acceptors (Lipinski definition) is 4. The number of likely N-dealkylation sites (tertiary alicyclic amines) is 1. The van der Waals surface area contributed by atoms with Gasteiger partial charge in [-0.15, -0.1) is 24.0 Å². The van der Waals surface area contributed by atoms with E-state index < -0.39 is 0 Å². The molecule has 1 heterocycles. The molecule has 8 heteroatoms. The number of hydrogen-bond donors (Lipinski definition) is 3. The largest absolute Gasteiger partial charge is 0.369 e. The van der Waals surface area contributed by atoms with Crippen LogP contribution in [0.15, 0.2) is 4.99 Å². The summed E-state index contributed by atoms with van der Waals surface area (Å²) in [5.41, 5.74) is 5.24. The summed E-state index contributed by atoms with van der Waals surface area (Å²) in [7, 11) is 0. The number of guanidine groups is 1. The lowest BCUT2D eigenvalue weighted by molar-refractivity contribution is -0.119. The first-order chi connectivity index (χ1) is 10.4. The monoisotopic (exact) mass is 457 g/mol. The summed E-state index contributed by atoms with van der Waals surface area (Å²) >= 11 is 1.83. The van der Waals surface area contributed by atoms with Gasteiger partial charge in [0, 0.05) is 30.4 Å². The number of thioether (sulfide) groups is 1. The first-order valence-corrected chi connectivity index (χ1v) is 9.19. The Labute approximate surface area is 161 Å². The minimum absolute atomic E-state index is 0. The standard InChI is InChI=1S/C15H31N5OS.HI/c1-5-17-14(18-11-15(2,3)22-4)19-12-6-8-20(9-7-12)10-13(16)21;/h12H,5-11H2,1-4H3,(H2,16,21)(H2,17,18,19);1H. The predicted octanol–water partition coefficient (Wildman–Crippen LogP) is 1.25. The van der Waals surface area contributed by atoms with E-state index in [9.17, 15) is 4.79 Å². The molecule has 0 unspecified atom stereocenters. The number of carbonyl (C=O) groups is 1. The molecule has 1 amide bonds. The van der Waals surface area contributed by atoms with Gasteiger partial charge >= 0.3 is 0 Å². The zero-order valence-corrected chi connectivity index (χ0v) is 17.9. The number of halogens is 1. The average molecular weight is 457 g/mol. The van der Waals surface area contributed by atoms with Gasteiger partial charge in [0.15, 0.2) is 5.96 Å². The number of nitrogens with zero attached hydrogens (tertiary/aromatic N) is 2. The highest BCUT2D eigenvalue weighted by Gasteiger charge is 2.21. The van der Waals surface area contributed by atoms with Crippen LogP contribution in [-0.4, -0.2) is 66.5 Å². The normalized spacial score (nSPS) is 17.5. The Kier molecular flexibility index (Phi) is 11.2. The van der Waals surface area contributed by atoms with Crippen molar-refractivity contribution in [2.24, 2.45) is 10.7 Å². The molecule has 1 aliphatic rings. The summed E-state index contributed by atoms with van der Waals surface area (Å²) in [6.45, 7) is 10.3. The number of rotatable bonds is 7. The molecule has 0 aromatic heterocycles. The highest BCUT2D eigenvalue weighted by Crippen LogP contribution is 2.21. The fourth-order valence-electron chi connectivity index (χ4n) is 2.30. The van der Waals surface area contributed by atoms with Gasteiger partial charge in [-0.25, -0.2) is 0 Å². The van der Waals surface area contributed by atoms with Gasteiger partial charge in [0.1, 0.15) is 0 Å². The molecule has 0 saturated carbocycles. The Bertz CT molecular complexity index is 384. The van der Waals surface area contributed by atoms with E-state index in [1.807, 2.05) is 11.8 Å². The molecule has 0 spiro atoms. The lowest BCUT2D eigenvalue weighted by atomic mass is 10.1. The van der Waals surface area contributed by atoms with E-state index >= 15 is 0 Å².